The van der Waals surface area contributed by atoms with Gasteiger partial charge in [0.1, 0.15) is 0 Å². The molecule has 0 aromatic heterocycles. The molecule has 1 amide bonds. The lowest BCUT2D eigenvalue weighted by atomic mass is 10.0. The summed E-state index contributed by atoms with van der Waals surface area (Å²) in [5, 5.41) is 2.84. The molecule has 1 saturated heterocycles. The van der Waals surface area contributed by atoms with Crippen molar-refractivity contribution in [3.05, 3.63) is 42.5 Å². The lowest BCUT2D eigenvalue weighted by molar-refractivity contribution is -0.111. The van der Waals surface area contributed by atoms with Crippen molar-refractivity contribution in [3.63, 3.8) is 0 Å². The number of rotatable bonds is 8. The molecule has 1 atom stereocenters. The highest BCUT2D eigenvalue weighted by atomic mass is 16.1. The summed E-state index contributed by atoms with van der Waals surface area (Å²) in [5.41, 5.74) is 2.13. The van der Waals surface area contributed by atoms with Crippen LogP contribution < -0.4 is 5.32 Å². The van der Waals surface area contributed by atoms with Crippen LogP contribution in [-0.2, 0) is 11.2 Å². The van der Waals surface area contributed by atoms with E-state index < -0.39 is 0 Å². The Kier molecular flexibility index (Phi) is 12.0. The molecule has 0 radical (unpaired) electrons. The van der Waals surface area contributed by atoms with Crippen LogP contribution in [0.3, 0.4) is 0 Å². The Labute approximate surface area is 196 Å². The lowest BCUT2D eigenvalue weighted by Gasteiger charge is -2.38. The Morgan fingerprint density at radius 1 is 0.875 bits per heavy atom. The molecule has 1 heterocycles. The van der Waals surface area contributed by atoms with Crippen molar-refractivity contribution >= 4 is 11.6 Å². The highest BCUT2D eigenvalue weighted by Crippen LogP contribution is 2.15. The molecular formula is C26H45N5O. The zero-order chi connectivity index (χ0) is 23.3. The molecule has 1 fully saturated rings. The van der Waals surface area contributed by atoms with E-state index in [1.807, 2.05) is 12.1 Å². The molecule has 0 aliphatic carbocycles. The highest BCUT2D eigenvalue weighted by molar-refractivity contribution is 5.98. The van der Waals surface area contributed by atoms with Gasteiger partial charge in [-0.2, -0.15) is 0 Å². The predicted octanol–water partition coefficient (Wildman–Crippen LogP) is 3.02. The third-order valence-corrected chi connectivity index (χ3v) is 6.78. The minimum Gasteiger partial charge on any atom is -0.323 e. The van der Waals surface area contributed by atoms with Crippen molar-refractivity contribution < 1.29 is 4.79 Å². The number of carbonyl (C=O) groups is 1. The Hall–Kier alpha value is -1.73. The standard InChI is InChI=1S/C26H45N5O/c1-6-26(32)27-24-13-11-23(12-14-24)21-25-22-30(9-4)18-17-28(7-2)15-16-29(8-3)19-20-31(25)10-5/h6,11-14,25H,1,7-10,15-22H2,2-5H3,(H,27,32). The number of anilines is 1. The van der Waals surface area contributed by atoms with Gasteiger partial charge in [0.05, 0.1) is 0 Å². The Balaban J connectivity index is 2.17. The lowest BCUT2D eigenvalue weighted by Crippen LogP contribution is -2.50. The fourth-order valence-electron chi connectivity index (χ4n) is 4.47. The van der Waals surface area contributed by atoms with Gasteiger partial charge in [-0.15, -0.1) is 0 Å². The normalized spacial score (nSPS) is 20.9. The van der Waals surface area contributed by atoms with Gasteiger partial charge >= 0.3 is 0 Å². The van der Waals surface area contributed by atoms with Gasteiger partial charge in [0.15, 0.2) is 0 Å². The number of likely N-dealkylation sites (N-methyl/N-ethyl adjacent to an activating group) is 4. The second kappa shape index (κ2) is 14.4. The average Bonchev–Trinajstić information content (AvgIpc) is 2.81. The van der Waals surface area contributed by atoms with Gasteiger partial charge in [-0.3, -0.25) is 9.69 Å². The Morgan fingerprint density at radius 2 is 1.41 bits per heavy atom. The van der Waals surface area contributed by atoms with Gasteiger partial charge in [0.2, 0.25) is 5.91 Å². The number of amides is 1. The summed E-state index contributed by atoms with van der Waals surface area (Å²) < 4.78 is 0. The molecule has 1 unspecified atom stereocenters. The molecule has 1 N–H and O–H groups in total. The number of nitrogens with one attached hydrogen (secondary N) is 1. The van der Waals surface area contributed by atoms with Crippen LogP contribution in [0.2, 0.25) is 0 Å². The first kappa shape index (κ1) is 26.5. The van der Waals surface area contributed by atoms with Gasteiger partial charge in [0, 0.05) is 57.5 Å². The molecule has 0 saturated carbocycles. The van der Waals surface area contributed by atoms with Gasteiger partial charge in [-0.05, 0) is 56.4 Å². The smallest absolute Gasteiger partial charge is 0.247 e. The summed E-state index contributed by atoms with van der Waals surface area (Å²) in [5.74, 6) is -0.172. The van der Waals surface area contributed by atoms with Crippen LogP contribution in [0.4, 0.5) is 5.69 Å². The van der Waals surface area contributed by atoms with Crippen molar-refractivity contribution in [2.24, 2.45) is 0 Å². The minimum atomic E-state index is -0.172. The zero-order valence-corrected chi connectivity index (χ0v) is 20.9. The SMILES string of the molecule is C=CC(=O)Nc1ccc(CC2CN(CC)CCN(CC)CCN(CC)CCN2CC)cc1. The summed E-state index contributed by atoms with van der Waals surface area (Å²) in [6.07, 6.45) is 2.32. The van der Waals surface area contributed by atoms with Gasteiger partial charge < -0.3 is 20.0 Å². The predicted molar refractivity (Wildman–Crippen MR) is 136 cm³/mol. The largest absolute Gasteiger partial charge is 0.323 e. The van der Waals surface area contributed by atoms with Gasteiger partial charge in [-0.25, -0.2) is 0 Å². The first-order valence-electron chi connectivity index (χ1n) is 12.5. The molecule has 2 rings (SSSR count). The molecule has 6 heteroatoms. The molecule has 180 valence electrons. The molecule has 0 spiro atoms. The summed E-state index contributed by atoms with van der Waals surface area (Å²) in [4.78, 5) is 22.0. The van der Waals surface area contributed by atoms with Crippen molar-refractivity contribution in [3.8, 4) is 0 Å². The summed E-state index contributed by atoms with van der Waals surface area (Å²) in [6, 6.07) is 8.77. The van der Waals surface area contributed by atoms with E-state index in [0.717, 1.165) is 84.1 Å². The molecular weight excluding hydrogens is 398 g/mol. The maximum atomic E-state index is 11.6. The van der Waals surface area contributed by atoms with Crippen LogP contribution in [-0.4, -0.2) is 104 Å². The van der Waals surface area contributed by atoms with Gasteiger partial charge in [-0.1, -0.05) is 46.4 Å². The number of benzene rings is 1. The van der Waals surface area contributed by atoms with Crippen LogP contribution in [0.5, 0.6) is 0 Å². The number of hydrogen-bond donors (Lipinski definition) is 1. The van der Waals surface area contributed by atoms with Crippen LogP contribution in [0, 0.1) is 0 Å². The van der Waals surface area contributed by atoms with E-state index in [4.69, 9.17) is 0 Å². The Morgan fingerprint density at radius 3 is 1.91 bits per heavy atom. The molecule has 1 aromatic rings. The van der Waals surface area contributed by atoms with Crippen molar-refractivity contribution in [1.82, 2.24) is 19.6 Å². The van der Waals surface area contributed by atoms with Crippen molar-refractivity contribution in [2.45, 2.75) is 40.2 Å². The fourth-order valence-corrected chi connectivity index (χ4v) is 4.47. The molecule has 32 heavy (non-hydrogen) atoms. The topological polar surface area (TPSA) is 42.1 Å². The number of carbonyl (C=O) groups excluding carboxylic acids is 1. The van der Waals surface area contributed by atoms with E-state index in [1.54, 1.807) is 0 Å². The third kappa shape index (κ3) is 8.66. The summed E-state index contributed by atoms with van der Waals surface area (Å²) >= 11 is 0. The van der Waals surface area contributed by atoms with E-state index >= 15 is 0 Å². The van der Waals surface area contributed by atoms with E-state index in [9.17, 15) is 4.79 Å². The fraction of sp³-hybridized carbons (Fsp3) is 0.654. The van der Waals surface area contributed by atoms with E-state index in [0.29, 0.717) is 6.04 Å². The maximum absolute atomic E-state index is 11.6. The molecule has 1 aromatic carbocycles. The average molecular weight is 444 g/mol. The Bertz CT molecular complexity index is 677. The van der Waals surface area contributed by atoms with Crippen LogP contribution in [0.1, 0.15) is 33.3 Å². The van der Waals surface area contributed by atoms with Crippen LogP contribution >= 0.6 is 0 Å². The second-order valence-electron chi connectivity index (χ2n) is 8.64. The minimum absolute atomic E-state index is 0.172. The maximum Gasteiger partial charge on any atom is 0.247 e. The first-order valence-corrected chi connectivity index (χ1v) is 12.5. The van der Waals surface area contributed by atoms with Crippen LogP contribution in [0.25, 0.3) is 0 Å². The number of nitrogens with zero attached hydrogens (tertiary/aromatic N) is 4. The van der Waals surface area contributed by atoms with Crippen molar-refractivity contribution in [1.29, 1.82) is 0 Å². The number of hydrogen-bond acceptors (Lipinski definition) is 5. The summed E-state index contributed by atoms with van der Waals surface area (Å²) in [7, 11) is 0. The molecule has 1 aliphatic heterocycles. The van der Waals surface area contributed by atoms with E-state index in [2.05, 4.69) is 71.3 Å². The van der Waals surface area contributed by atoms with Crippen molar-refractivity contribution in [2.75, 3.05) is 77.3 Å². The molecule has 1 aliphatic rings. The molecule has 0 bridgehead atoms. The quantitative estimate of drug-likeness (QED) is 0.626. The van der Waals surface area contributed by atoms with E-state index in [-0.39, 0.29) is 5.91 Å². The summed E-state index contributed by atoms with van der Waals surface area (Å²) in [6.45, 7) is 24.9. The third-order valence-electron chi connectivity index (χ3n) is 6.78. The highest BCUT2D eigenvalue weighted by Gasteiger charge is 2.22. The molecule has 6 nitrogen and oxygen atoms in total. The monoisotopic (exact) mass is 443 g/mol. The van der Waals surface area contributed by atoms with Crippen LogP contribution in [0.15, 0.2) is 36.9 Å². The second-order valence-corrected chi connectivity index (χ2v) is 8.64. The first-order chi connectivity index (χ1) is 15.5. The zero-order valence-electron chi connectivity index (χ0n) is 20.9. The van der Waals surface area contributed by atoms with E-state index in [1.165, 1.54) is 11.6 Å². The van der Waals surface area contributed by atoms with Gasteiger partial charge in [0.25, 0.3) is 0 Å².